The minimum Gasteiger partial charge on any atom is -0.489 e. The lowest BCUT2D eigenvalue weighted by Gasteiger charge is -2.19. The summed E-state index contributed by atoms with van der Waals surface area (Å²) in [6.45, 7) is 0.276. The Labute approximate surface area is 208 Å². The van der Waals surface area contributed by atoms with Crippen LogP contribution in [-0.2, 0) is 11.2 Å². The van der Waals surface area contributed by atoms with E-state index in [1.165, 1.54) is 9.80 Å². The first-order valence-corrected chi connectivity index (χ1v) is 12.6. The summed E-state index contributed by atoms with van der Waals surface area (Å²) in [5.74, 6) is 1.34. The van der Waals surface area contributed by atoms with E-state index in [1.54, 1.807) is 30.9 Å². The molecule has 0 saturated carbocycles. The molecular formula is C25H29N5O4S. The van der Waals surface area contributed by atoms with E-state index in [-0.39, 0.29) is 24.9 Å². The molecule has 0 unspecified atom stereocenters. The van der Waals surface area contributed by atoms with E-state index in [4.69, 9.17) is 9.84 Å². The fraction of sp³-hybridized carbons (Fsp3) is 0.360. The molecule has 35 heavy (non-hydrogen) atoms. The highest BCUT2D eigenvalue weighted by Crippen LogP contribution is 2.29. The number of rotatable bonds is 10. The van der Waals surface area contributed by atoms with Gasteiger partial charge in [-0.05, 0) is 48.4 Å². The fourth-order valence-electron chi connectivity index (χ4n) is 3.73. The third-order valence-corrected chi connectivity index (χ3v) is 6.77. The maximum absolute atomic E-state index is 12.8. The molecule has 184 valence electrons. The van der Waals surface area contributed by atoms with Gasteiger partial charge in [0.2, 0.25) is 5.82 Å². The first-order chi connectivity index (χ1) is 17.0. The highest BCUT2D eigenvalue weighted by atomic mass is 32.2. The lowest BCUT2D eigenvalue weighted by molar-refractivity contribution is -0.120. The number of fused-ring (bicyclic) bond motifs is 1. The molecule has 0 saturated heterocycles. The van der Waals surface area contributed by atoms with Crippen molar-refractivity contribution in [2.75, 3.05) is 30.9 Å². The van der Waals surface area contributed by atoms with E-state index in [1.807, 2.05) is 24.3 Å². The number of unbranched alkanes of at least 4 members (excludes halogenated alkanes) is 2. The predicted molar refractivity (Wildman–Crippen MR) is 134 cm³/mol. The number of likely N-dealkylation sites (N-methyl/N-ethyl adjacent to an activating group) is 1. The topological polar surface area (TPSA) is 120 Å². The zero-order chi connectivity index (χ0) is 24.6. The molecule has 9 nitrogen and oxygen atoms in total. The molecule has 4 rings (SSSR count). The number of para-hydroxylation sites is 2. The van der Waals surface area contributed by atoms with Gasteiger partial charge in [-0.2, -0.15) is 0 Å². The Bertz CT molecular complexity index is 1150. The molecule has 0 bridgehead atoms. The number of nitrogens with one attached hydrogen (secondary N) is 2. The number of aliphatic hydroxyl groups excluding tert-OH is 1. The molecule has 3 N–H and O–H groups in total. The largest absolute Gasteiger partial charge is 0.489 e. The van der Waals surface area contributed by atoms with Gasteiger partial charge in [-0.1, -0.05) is 30.7 Å². The van der Waals surface area contributed by atoms with E-state index in [0.717, 1.165) is 30.6 Å². The molecule has 0 radical (unpaired) electrons. The number of hydrogen-bond acceptors (Lipinski definition) is 7. The van der Waals surface area contributed by atoms with Crippen LogP contribution >= 0.6 is 11.8 Å². The summed E-state index contributed by atoms with van der Waals surface area (Å²) in [4.78, 5) is 32.5. The average Bonchev–Trinajstić information content (AvgIpc) is 3.31. The lowest BCUT2D eigenvalue weighted by Crippen LogP contribution is -2.49. The van der Waals surface area contributed by atoms with Crippen LogP contribution in [0.1, 0.15) is 41.3 Å². The Hall–Kier alpha value is -3.37. The Balaban J connectivity index is 1.31. The summed E-state index contributed by atoms with van der Waals surface area (Å²) in [6.07, 6.45) is 3.48. The molecule has 1 aromatic heterocycles. The van der Waals surface area contributed by atoms with Crippen molar-refractivity contribution in [1.82, 2.24) is 20.5 Å². The lowest BCUT2D eigenvalue weighted by atomic mass is 10.1. The highest BCUT2D eigenvalue weighted by molar-refractivity contribution is 7.99. The second kappa shape index (κ2) is 11.9. The molecule has 0 fully saturated rings. The molecule has 2 amide bonds. The van der Waals surface area contributed by atoms with Crippen LogP contribution in [0, 0.1) is 0 Å². The number of anilines is 1. The van der Waals surface area contributed by atoms with Crippen LogP contribution < -0.4 is 15.0 Å². The van der Waals surface area contributed by atoms with Gasteiger partial charge in [0.05, 0.1) is 5.69 Å². The smallest absolute Gasteiger partial charge is 0.291 e. The first kappa shape index (κ1) is 24.7. The number of hydrogen-bond donors (Lipinski definition) is 3. The van der Waals surface area contributed by atoms with Crippen molar-refractivity contribution in [3.8, 4) is 5.75 Å². The summed E-state index contributed by atoms with van der Waals surface area (Å²) in [7, 11) is 1.65. The number of ether oxygens (including phenoxy) is 1. The van der Waals surface area contributed by atoms with Crippen LogP contribution in [0.3, 0.4) is 0 Å². The van der Waals surface area contributed by atoms with Crippen LogP contribution in [0.2, 0.25) is 0 Å². The second-order valence-electron chi connectivity index (χ2n) is 8.26. The van der Waals surface area contributed by atoms with Gasteiger partial charge in [0.25, 0.3) is 11.8 Å². The quantitative estimate of drug-likeness (QED) is 0.292. The average molecular weight is 496 g/mol. The normalized spacial score (nSPS) is 15.3. The molecule has 1 aliphatic rings. The summed E-state index contributed by atoms with van der Waals surface area (Å²) in [5.41, 5.74) is 1.70. The van der Waals surface area contributed by atoms with Crippen LogP contribution in [0.15, 0.2) is 53.4 Å². The molecular weight excluding hydrogens is 466 g/mol. The molecule has 1 atom stereocenters. The number of nitrogens with zero attached hydrogens (tertiary/aromatic N) is 3. The van der Waals surface area contributed by atoms with Crippen molar-refractivity contribution in [2.45, 2.75) is 36.6 Å². The van der Waals surface area contributed by atoms with Crippen molar-refractivity contribution in [3.63, 3.8) is 0 Å². The van der Waals surface area contributed by atoms with E-state index < -0.39 is 11.9 Å². The number of aromatic amines is 1. The van der Waals surface area contributed by atoms with Crippen LogP contribution in [0.5, 0.6) is 5.75 Å². The number of aromatic nitrogens is 3. The Kier molecular flexibility index (Phi) is 8.38. The van der Waals surface area contributed by atoms with E-state index in [9.17, 15) is 9.59 Å². The summed E-state index contributed by atoms with van der Waals surface area (Å²) < 4.78 is 5.74. The predicted octanol–water partition coefficient (Wildman–Crippen LogP) is 2.80. The molecule has 0 spiro atoms. The number of aliphatic hydroxyl groups is 1. The van der Waals surface area contributed by atoms with Gasteiger partial charge in [-0.15, -0.1) is 16.9 Å². The van der Waals surface area contributed by atoms with E-state index in [2.05, 4.69) is 32.6 Å². The number of benzene rings is 2. The van der Waals surface area contributed by atoms with Crippen molar-refractivity contribution in [1.29, 1.82) is 0 Å². The number of carbonyl (C=O) groups is 2. The second-order valence-corrected chi connectivity index (χ2v) is 9.43. The minimum atomic E-state index is -0.851. The van der Waals surface area contributed by atoms with Gasteiger partial charge < -0.3 is 20.1 Å². The zero-order valence-corrected chi connectivity index (χ0v) is 20.4. The van der Waals surface area contributed by atoms with Crippen molar-refractivity contribution < 1.29 is 19.4 Å². The highest BCUT2D eigenvalue weighted by Gasteiger charge is 2.31. The van der Waals surface area contributed by atoms with E-state index in [0.29, 0.717) is 23.7 Å². The van der Waals surface area contributed by atoms with E-state index >= 15 is 0 Å². The number of carbonyl (C=O) groups excluding carboxylic acids is 2. The molecule has 10 heteroatoms. The number of amides is 2. The molecule has 2 aromatic carbocycles. The summed E-state index contributed by atoms with van der Waals surface area (Å²) >= 11 is 1.80. The van der Waals surface area contributed by atoms with Gasteiger partial charge in [0.15, 0.2) is 0 Å². The molecule has 2 heterocycles. The Morgan fingerprint density at radius 1 is 1.20 bits per heavy atom. The SMILES string of the molecule is CN1C(=O)[C@@H](NC(=O)c2n[nH]c(Cc3ccc(SCCCCCO)cc3)n2)COc2ccccc21. The molecule has 1 aliphatic heterocycles. The minimum absolute atomic E-state index is 0.0210. The van der Waals surface area contributed by atoms with Crippen LogP contribution in [0.4, 0.5) is 5.69 Å². The van der Waals surface area contributed by atoms with Gasteiger partial charge >= 0.3 is 0 Å². The standard InChI is InChI=1S/C25H29N5O4S/c1-30-20-7-3-4-8-21(20)34-16-19(25(30)33)26-24(32)23-27-22(28-29-23)15-17-9-11-18(12-10-17)35-14-6-2-5-13-31/h3-4,7-12,19,31H,2,5-6,13-16H2,1H3,(H,26,32)(H,27,28,29)/t19-/m0/s1. The van der Waals surface area contributed by atoms with Gasteiger partial charge in [0.1, 0.15) is 24.2 Å². The summed E-state index contributed by atoms with van der Waals surface area (Å²) in [5, 5.41) is 18.4. The van der Waals surface area contributed by atoms with Gasteiger partial charge in [0, 0.05) is 25.0 Å². The maximum atomic E-state index is 12.8. The third kappa shape index (κ3) is 6.40. The van der Waals surface area contributed by atoms with Crippen LogP contribution in [0.25, 0.3) is 0 Å². The van der Waals surface area contributed by atoms with Gasteiger partial charge in [-0.3, -0.25) is 14.7 Å². The zero-order valence-electron chi connectivity index (χ0n) is 19.6. The van der Waals surface area contributed by atoms with Crippen molar-refractivity contribution >= 4 is 29.3 Å². The Morgan fingerprint density at radius 2 is 2.00 bits per heavy atom. The van der Waals surface area contributed by atoms with Gasteiger partial charge in [-0.25, -0.2) is 4.98 Å². The number of thioether (sulfide) groups is 1. The van der Waals surface area contributed by atoms with Crippen molar-refractivity contribution in [2.24, 2.45) is 0 Å². The first-order valence-electron chi connectivity index (χ1n) is 11.6. The molecule has 3 aromatic rings. The number of H-pyrrole nitrogens is 1. The maximum Gasteiger partial charge on any atom is 0.291 e. The monoisotopic (exact) mass is 495 g/mol. The third-order valence-electron chi connectivity index (χ3n) is 5.67. The van der Waals surface area contributed by atoms with Crippen molar-refractivity contribution in [3.05, 3.63) is 65.7 Å². The van der Waals surface area contributed by atoms with Crippen LogP contribution in [-0.4, -0.2) is 64.2 Å². The Morgan fingerprint density at radius 3 is 2.80 bits per heavy atom. The molecule has 0 aliphatic carbocycles. The summed E-state index contributed by atoms with van der Waals surface area (Å²) in [6, 6.07) is 14.6. The fourth-order valence-corrected chi connectivity index (χ4v) is 4.65.